The lowest BCUT2D eigenvalue weighted by atomic mass is 10.1. The van der Waals surface area contributed by atoms with Crippen molar-refractivity contribution in [3.05, 3.63) is 80.6 Å². The van der Waals surface area contributed by atoms with Crippen LogP contribution >= 0.6 is 11.6 Å². The number of carbonyl (C=O) groups is 2. The van der Waals surface area contributed by atoms with Gasteiger partial charge >= 0.3 is 0 Å². The van der Waals surface area contributed by atoms with E-state index in [2.05, 4.69) is 10.3 Å². The molecule has 1 heterocycles. The summed E-state index contributed by atoms with van der Waals surface area (Å²) in [6, 6.07) is 14.5. The molecule has 3 rings (SSSR count). The zero-order valence-corrected chi connectivity index (χ0v) is 16.3. The van der Waals surface area contributed by atoms with E-state index in [9.17, 15) is 14.4 Å². The summed E-state index contributed by atoms with van der Waals surface area (Å²) in [5.41, 5.74) is 2.79. The van der Waals surface area contributed by atoms with Crippen LogP contribution in [0.4, 0.5) is 0 Å². The summed E-state index contributed by atoms with van der Waals surface area (Å²) in [5, 5.41) is 4.11. The minimum Gasteiger partial charge on any atom is -0.356 e. The van der Waals surface area contributed by atoms with Crippen molar-refractivity contribution in [1.82, 2.24) is 10.3 Å². The number of aromatic nitrogens is 1. The van der Waals surface area contributed by atoms with Crippen molar-refractivity contribution in [2.45, 2.75) is 26.2 Å². The van der Waals surface area contributed by atoms with Crippen LogP contribution < -0.4 is 10.9 Å². The van der Waals surface area contributed by atoms with Gasteiger partial charge in [-0.1, -0.05) is 35.4 Å². The number of aromatic amines is 1. The van der Waals surface area contributed by atoms with Gasteiger partial charge in [-0.25, -0.2) is 0 Å². The quantitative estimate of drug-likeness (QED) is 0.596. The van der Waals surface area contributed by atoms with Gasteiger partial charge in [0.1, 0.15) is 0 Å². The molecule has 1 amide bonds. The Hall–Kier alpha value is -2.92. The van der Waals surface area contributed by atoms with Gasteiger partial charge in [-0.2, -0.15) is 0 Å². The maximum absolute atomic E-state index is 12.2. The van der Waals surface area contributed by atoms with E-state index >= 15 is 0 Å². The highest BCUT2D eigenvalue weighted by Crippen LogP contribution is 2.17. The third-order valence-corrected chi connectivity index (χ3v) is 4.88. The molecule has 0 aliphatic carbocycles. The Morgan fingerprint density at radius 2 is 1.86 bits per heavy atom. The molecular formula is C22H21ClN2O3. The van der Waals surface area contributed by atoms with Crippen molar-refractivity contribution < 1.29 is 9.59 Å². The molecule has 0 unspecified atom stereocenters. The summed E-state index contributed by atoms with van der Waals surface area (Å²) in [6.45, 7) is 2.33. The number of hydrogen-bond acceptors (Lipinski definition) is 3. The number of carbonyl (C=O) groups excluding carboxylic acids is 2. The minimum absolute atomic E-state index is 0.0807. The van der Waals surface area contributed by atoms with Crippen molar-refractivity contribution in [2.24, 2.45) is 0 Å². The van der Waals surface area contributed by atoms with Crippen LogP contribution in [0.2, 0.25) is 5.02 Å². The van der Waals surface area contributed by atoms with E-state index in [1.807, 2.05) is 31.2 Å². The van der Waals surface area contributed by atoms with Gasteiger partial charge in [-0.05, 0) is 49.1 Å². The highest BCUT2D eigenvalue weighted by Gasteiger charge is 2.12. The molecule has 0 saturated carbocycles. The molecule has 0 aliphatic heterocycles. The number of benzene rings is 2. The van der Waals surface area contributed by atoms with Crippen LogP contribution in [0, 0.1) is 6.92 Å². The van der Waals surface area contributed by atoms with E-state index in [4.69, 9.17) is 11.6 Å². The lowest BCUT2D eigenvalue weighted by Crippen LogP contribution is -2.27. The average molecular weight is 397 g/mol. The number of pyridine rings is 1. The summed E-state index contributed by atoms with van der Waals surface area (Å²) < 4.78 is 0. The number of halogens is 1. The number of amides is 1. The fourth-order valence-corrected chi connectivity index (χ4v) is 3.27. The largest absolute Gasteiger partial charge is 0.356 e. The molecule has 0 atom stereocenters. The Kier molecular flexibility index (Phi) is 6.26. The Labute approximate surface area is 167 Å². The Morgan fingerprint density at radius 1 is 1.07 bits per heavy atom. The Bertz CT molecular complexity index is 1090. The van der Waals surface area contributed by atoms with Gasteiger partial charge in [-0.15, -0.1) is 0 Å². The summed E-state index contributed by atoms with van der Waals surface area (Å²) in [6.07, 6.45) is 0.589. The molecule has 0 spiro atoms. The SMILES string of the molecule is Cc1ccc2[nH]c(=O)c(CCNC(=O)CCC(=O)c3ccccc3Cl)cc2c1. The zero-order valence-electron chi connectivity index (χ0n) is 15.5. The second-order valence-corrected chi connectivity index (χ2v) is 7.12. The van der Waals surface area contributed by atoms with Crippen molar-refractivity contribution in [2.75, 3.05) is 6.54 Å². The molecular weight excluding hydrogens is 376 g/mol. The lowest BCUT2D eigenvalue weighted by molar-refractivity contribution is -0.121. The van der Waals surface area contributed by atoms with Crippen molar-refractivity contribution >= 4 is 34.2 Å². The van der Waals surface area contributed by atoms with Crippen molar-refractivity contribution in [3.63, 3.8) is 0 Å². The molecule has 0 saturated heterocycles. The minimum atomic E-state index is -0.228. The molecule has 0 radical (unpaired) electrons. The fourth-order valence-electron chi connectivity index (χ4n) is 3.03. The van der Waals surface area contributed by atoms with Crippen LogP contribution in [0.3, 0.4) is 0 Å². The van der Waals surface area contributed by atoms with Crippen LogP contribution in [0.25, 0.3) is 10.9 Å². The third-order valence-electron chi connectivity index (χ3n) is 4.55. The second kappa shape index (κ2) is 8.85. The number of H-pyrrole nitrogens is 1. The molecule has 2 N–H and O–H groups in total. The number of nitrogens with one attached hydrogen (secondary N) is 2. The van der Waals surface area contributed by atoms with E-state index < -0.39 is 0 Å². The van der Waals surface area contributed by atoms with Gasteiger partial charge in [0.15, 0.2) is 5.78 Å². The predicted octanol–water partition coefficient (Wildman–Crippen LogP) is 3.81. The number of rotatable bonds is 7. The number of ketones is 1. The lowest BCUT2D eigenvalue weighted by Gasteiger charge is -2.07. The van der Waals surface area contributed by atoms with E-state index in [-0.39, 0.29) is 30.1 Å². The number of hydrogen-bond donors (Lipinski definition) is 2. The van der Waals surface area contributed by atoms with E-state index in [1.54, 1.807) is 24.3 Å². The van der Waals surface area contributed by atoms with Gasteiger partial charge in [-0.3, -0.25) is 14.4 Å². The standard InChI is InChI=1S/C22H21ClN2O3/c1-14-6-7-19-16(12-14)13-15(22(28)25-19)10-11-24-21(27)9-8-20(26)17-4-2-3-5-18(17)23/h2-7,12-13H,8-11H2,1H3,(H,24,27)(H,25,28). The molecule has 0 fully saturated rings. The van der Waals surface area contributed by atoms with E-state index in [1.165, 1.54) is 0 Å². The van der Waals surface area contributed by atoms with Crippen LogP contribution in [-0.2, 0) is 11.2 Å². The smallest absolute Gasteiger partial charge is 0.251 e. The maximum atomic E-state index is 12.2. The topological polar surface area (TPSA) is 79.0 Å². The summed E-state index contributed by atoms with van der Waals surface area (Å²) in [5.74, 6) is -0.393. The first kappa shape index (κ1) is 19.8. The van der Waals surface area contributed by atoms with Crippen LogP contribution in [0.1, 0.15) is 34.3 Å². The van der Waals surface area contributed by atoms with Gasteiger partial charge in [0.25, 0.3) is 5.56 Å². The van der Waals surface area contributed by atoms with Crippen LogP contribution in [0.15, 0.2) is 53.3 Å². The number of aryl methyl sites for hydroxylation is 1. The number of Topliss-reactive ketones (excluding diaryl/α,β-unsaturated/α-hetero) is 1. The molecule has 1 aromatic heterocycles. The maximum Gasteiger partial charge on any atom is 0.251 e. The molecule has 0 bridgehead atoms. The van der Waals surface area contributed by atoms with E-state index in [0.29, 0.717) is 29.1 Å². The van der Waals surface area contributed by atoms with Gasteiger partial charge in [0.05, 0.1) is 5.02 Å². The third kappa shape index (κ3) is 4.87. The van der Waals surface area contributed by atoms with Gasteiger partial charge in [0.2, 0.25) is 5.91 Å². The van der Waals surface area contributed by atoms with Crippen LogP contribution in [0.5, 0.6) is 0 Å². The molecule has 5 nitrogen and oxygen atoms in total. The Morgan fingerprint density at radius 3 is 2.64 bits per heavy atom. The molecule has 6 heteroatoms. The zero-order chi connectivity index (χ0) is 20.1. The molecule has 0 aliphatic rings. The summed E-state index contributed by atoms with van der Waals surface area (Å²) in [4.78, 5) is 39.2. The van der Waals surface area contributed by atoms with Gasteiger partial charge in [0, 0.05) is 36.0 Å². The average Bonchev–Trinajstić information content (AvgIpc) is 2.67. The summed E-state index contributed by atoms with van der Waals surface area (Å²) in [7, 11) is 0. The monoisotopic (exact) mass is 396 g/mol. The number of fused-ring (bicyclic) bond motifs is 1. The second-order valence-electron chi connectivity index (χ2n) is 6.72. The highest BCUT2D eigenvalue weighted by molar-refractivity contribution is 6.34. The van der Waals surface area contributed by atoms with E-state index in [0.717, 1.165) is 16.5 Å². The fraction of sp³-hybridized carbons (Fsp3) is 0.227. The Balaban J connectivity index is 1.52. The molecule has 28 heavy (non-hydrogen) atoms. The molecule has 3 aromatic rings. The first-order valence-electron chi connectivity index (χ1n) is 9.11. The van der Waals surface area contributed by atoms with Crippen molar-refractivity contribution in [1.29, 1.82) is 0 Å². The summed E-state index contributed by atoms with van der Waals surface area (Å²) >= 11 is 6.00. The molecule has 2 aromatic carbocycles. The first-order valence-corrected chi connectivity index (χ1v) is 9.49. The highest BCUT2D eigenvalue weighted by atomic mass is 35.5. The molecule has 144 valence electrons. The van der Waals surface area contributed by atoms with Gasteiger partial charge < -0.3 is 10.3 Å². The van der Waals surface area contributed by atoms with Crippen LogP contribution in [-0.4, -0.2) is 23.2 Å². The normalized spacial score (nSPS) is 10.8. The first-order chi connectivity index (χ1) is 13.4. The van der Waals surface area contributed by atoms with Crippen molar-refractivity contribution in [3.8, 4) is 0 Å². The predicted molar refractivity (Wildman–Crippen MR) is 111 cm³/mol.